The topological polar surface area (TPSA) is 51.0 Å². The molecule has 1 aliphatic heterocycles. The fourth-order valence-electron chi connectivity index (χ4n) is 4.01. The van der Waals surface area contributed by atoms with Crippen LogP contribution in [0.2, 0.25) is 0 Å². The summed E-state index contributed by atoms with van der Waals surface area (Å²) in [4.78, 5) is 19.4. The lowest BCUT2D eigenvalue weighted by atomic mass is 9.91. The number of aromatic nitrogens is 3. The van der Waals surface area contributed by atoms with Crippen LogP contribution in [0.25, 0.3) is 0 Å². The zero-order valence-corrected chi connectivity index (χ0v) is 15.6. The van der Waals surface area contributed by atoms with Crippen LogP contribution in [0.4, 0.5) is 10.3 Å². The Balaban J connectivity index is 1.62. The molecule has 6 heteroatoms. The monoisotopic (exact) mass is 376 g/mol. The van der Waals surface area contributed by atoms with Gasteiger partial charge in [0.05, 0.1) is 12.1 Å². The van der Waals surface area contributed by atoms with Crippen molar-refractivity contribution >= 4 is 11.9 Å². The number of carbonyl (C=O) groups excluding carboxylic acids is 1. The Kier molecular flexibility index (Phi) is 4.00. The molecule has 142 valence electrons. The maximum Gasteiger partial charge on any atom is 0.233 e. The van der Waals surface area contributed by atoms with Crippen molar-refractivity contribution < 1.29 is 9.18 Å². The van der Waals surface area contributed by atoms with Gasteiger partial charge in [0.2, 0.25) is 11.9 Å². The van der Waals surface area contributed by atoms with E-state index < -0.39 is 0 Å². The molecule has 28 heavy (non-hydrogen) atoms. The van der Waals surface area contributed by atoms with E-state index >= 15 is 0 Å². The number of nitrogens with zero attached hydrogens (tertiary/aromatic N) is 4. The van der Waals surface area contributed by atoms with E-state index in [4.69, 9.17) is 0 Å². The molecule has 3 aromatic rings. The lowest BCUT2D eigenvalue weighted by molar-refractivity contribution is -0.120. The number of hydrogen-bond donors (Lipinski definition) is 0. The molecule has 0 bridgehead atoms. The highest BCUT2D eigenvalue weighted by atomic mass is 19.1. The molecule has 2 aliphatic rings. The van der Waals surface area contributed by atoms with E-state index in [0.29, 0.717) is 12.4 Å². The van der Waals surface area contributed by atoms with E-state index in [1.54, 1.807) is 16.8 Å². The van der Waals surface area contributed by atoms with Crippen molar-refractivity contribution in [3.05, 3.63) is 77.4 Å². The highest BCUT2D eigenvalue weighted by Crippen LogP contribution is 2.44. The Morgan fingerprint density at radius 1 is 1.00 bits per heavy atom. The van der Waals surface area contributed by atoms with Gasteiger partial charge in [0.1, 0.15) is 12.1 Å². The SMILES string of the molecule is Cc1ccc(C2CC(c3ccc(F)cc3)n3ncnc3N2C(=O)C2CC2)cc1. The smallest absolute Gasteiger partial charge is 0.233 e. The summed E-state index contributed by atoms with van der Waals surface area (Å²) in [5.74, 6) is 0.514. The van der Waals surface area contributed by atoms with Crippen molar-refractivity contribution in [1.29, 1.82) is 0 Å². The molecule has 0 spiro atoms. The third-order valence-electron chi connectivity index (χ3n) is 5.70. The number of carbonyl (C=O) groups is 1. The molecule has 5 nitrogen and oxygen atoms in total. The van der Waals surface area contributed by atoms with Crippen LogP contribution in [0.3, 0.4) is 0 Å². The van der Waals surface area contributed by atoms with Crippen molar-refractivity contribution in [2.24, 2.45) is 5.92 Å². The van der Waals surface area contributed by atoms with Crippen molar-refractivity contribution in [3.8, 4) is 0 Å². The molecule has 2 atom stereocenters. The largest absolute Gasteiger partial charge is 0.274 e. The zero-order valence-electron chi connectivity index (χ0n) is 15.6. The van der Waals surface area contributed by atoms with Gasteiger partial charge < -0.3 is 0 Å². The minimum absolute atomic E-state index is 0.0838. The summed E-state index contributed by atoms with van der Waals surface area (Å²) in [6.07, 6.45) is 4.04. The van der Waals surface area contributed by atoms with Gasteiger partial charge in [-0.25, -0.2) is 9.07 Å². The van der Waals surface area contributed by atoms with Crippen LogP contribution in [0.5, 0.6) is 0 Å². The van der Waals surface area contributed by atoms with Gasteiger partial charge in [-0.2, -0.15) is 10.1 Å². The van der Waals surface area contributed by atoms with E-state index in [1.807, 2.05) is 4.90 Å². The third-order valence-corrected chi connectivity index (χ3v) is 5.70. The summed E-state index contributed by atoms with van der Waals surface area (Å²) in [5, 5.41) is 4.41. The van der Waals surface area contributed by atoms with Gasteiger partial charge in [-0.15, -0.1) is 0 Å². The quantitative estimate of drug-likeness (QED) is 0.688. The minimum atomic E-state index is -0.265. The van der Waals surface area contributed by atoms with Crippen molar-refractivity contribution in [2.45, 2.75) is 38.3 Å². The fourth-order valence-corrected chi connectivity index (χ4v) is 4.01. The lowest BCUT2D eigenvalue weighted by Gasteiger charge is -2.39. The third kappa shape index (κ3) is 2.89. The van der Waals surface area contributed by atoms with E-state index in [-0.39, 0.29) is 29.7 Å². The first-order valence-electron chi connectivity index (χ1n) is 9.66. The van der Waals surface area contributed by atoms with Gasteiger partial charge >= 0.3 is 0 Å². The molecule has 2 unspecified atom stereocenters. The van der Waals surface area contributed by atoms with E-state index in [9.17, 15) is 9.18 Å². The Labute approximate surface area is 162 Å². The fraction of sp³-hybridized carbons (Fsp3) is 0.318. The second-order valence-electron chi connectivity index (χ2n) is 7.72. The van der Waals surface area contributed by atoms with Crippen molar-refractivity contribution in [3.63, 3.8) is 0 Å². The number of amides is 1. The number of rotatable bonds is 3. The molecule has 0 radical (unpaired) electrons. The van der Waals surface area contributed by atoms with Gasteiger partial charge in [0.25, 0.3) is 0 Å². The van der Waals surface area contributed by atoms with Crippen LogP contribution in [0.1, 0.15) is 48.0 Å². The maximum atomic E-state index is 13.4. The predicted octanol–water partition coefficient (Wildman–Crippen LogP) is 4.20. The summed E-state index contributed by atoms with van der Waals surface area (Å²) >= 11 is 0. The molecule has 5 rings (SSSR count). The van der Waals surface area contributed by atoms with Gasteiger partial charge in [-0.05, 0) is 49.4 Å². The molecular weight excluding hydrogens is 355 g/mol. The van der Waals surface area contributed by atoms with Crippen LogP contribution in [-0.2, 0) is 4.79 Å². The second-order valence-corrected chi connectivity index (χ2v) is 7.72. The number of benzene rings is 2. The minimum Gasteiger partial charge on any atom is -0.274 e. The first-order valence-corrected chi connectivity index (χ1v) is 9.66. The molecule has 2 heterocycles. The predicted molar refractivity (Wildman–Crippen MR) is 103 cm³/mol. The summed E-state index contributed by atoms with van der Waals surface area (Å²) < 4.78 is 15.2. The average molecular weight is 376 g/mol. The van der Waals surface area contributed by atoms with Crippen LogP contribution < -0.4 is 4.90 Å². The molecule has 1 amide bonds. The highest BCUT2D eigenvalue weighted by molar-refractivity contribution is 5.96. The molecule has 1 aliphatic carbocycles. The molecule has 1 saturated carbocycles. The molecular formula is C22H21FN4O. The van der Waals surface area contributed by atoms with E-state index in [2.05, 4.69) is 41.3 Å². The van der Waals surface area contributed by atoms with Gasteiger partial charge in [-0.3, -0.25) is 9.69 Å². The molecule has 1 aromatic heterocycles. The lowest BCUT2D eigenvalue weighted by Crippen LogP contribution is -2.43. The Bertz CT molecular complexity index is 1010. The normalized spacial score (nSPS) is 21.4. The summed E-state index contributed by atoms with van der Waals surface area (Å²) in [6, 6.07) is 14.6. The van der Waals surface area contributed by atoms with Gasteiger partial charge in [-0.1, -0.05) is 42.0 Å². The first kappa shape index (κ1) is 17.1. The molecule has 0 N–H and O–H groups in total. The number of fused-ring (bicyclic) bond motifs is 1. The Hall–Kier alpha value is -3.02. The maximum absolute atomic E-state index is 13.4. The zero-order chi connectivity index (χ0) is 19.3. The Morgan fingerprint density at radius 3 is 2.32 bits per heavy atom. The van der Waals surface area contributed by atoms with Crippen LogP contribution in [-0.4, -0.2) is 20.7 Å². The van der Waals surface area contributed by atoms with Crippen molar-refractivity contribution in [1.82, 2.24) is 14.8 Å². The van der Waals surface area contributed by atoms with E-state index in [0.717, 1.165) is 24.0 Å². The summed E-state index contributed by atoms with van der Waals surface area (Å²) in [7, 11) is 0. The average Bonchev–Trinajstić information content (AvgIpc) is 3.44. The molecule has 2 aromatic carbocycles. The molecule has 1 fully saturated rings. The van der Waals surface area contributed by atoms with Crippen LogP contribution in [0, 0.1) is 18.7 Å². The van der Waals surface area contributed by atoms with Gasteiger partial charge in [0.15, 0.2) is 0 Å². The van der Waals surface area contributed by atoms with Crippen LogP contribution >= 0.6 is 0 Å². The van der Waals surface area contributed by atoms with E-state index in [1.165, 1.54) is 24.0 Å². The van der Waals surface area contributed by atoms with Gasteiger partial charge in [0, 0.05) is 5.92 Å². The second kappa shape index (κ2) is 6.55. The summed E-state index contributed by atoms with van der Waals surface area (Å²) in [6.45, 7) is 2.05. The van der Waals surface area contributed by atoms with Crippen LogP contribution in [0.15, 0.2) is 54.9 Å². The molecule has 0 saturated heterocycles. The number of anilines is 1. The first-order chi connectivity index (χ1) is 13.6. The Morgan fingerprint density at radius 2 is 1.64 bits per heavy atom. The van der Waals surface area contributed by atoms with Crippen molar-refractivity contribution in [2.75, 3.05) is 4.90 Å². The highest BCUT2D eigenvalue weighted by Gasteiger charge is 2.44. The standard InChI is InChI=1S/C22H21FN4O/c1-14-2-4-15(5-3-14)19-12-20(16-8-10-18(23)11-9-16)27-22(24-13-25-27)26(19)21(28)17-6-7-17/h2-5,8-11,13,17,19-20H,6-7,12H2,1H3. The number of hydrogen-bond acceptors (Lipinski definition) is 3. The summed E-state index contributed by atoms with van der Waals surface area (Å²) in [5.41, 5.74) is 3.22. The number of halogens is 1. The number of aryl methyl sites for hydroxylation is 1.